The van der Waals surface area contributed by atoms with Crippen molar-refractivity contribution in [2.75, 3.05) is 10.6 Å². The highest BCUT2D eigenvalue weighted by Gasteiger charge is 2.24. The summed E-state index contributed by atoms with van der Waals surface area (Å²) in [6, 6.07) is 5.32. The molecule has 0 aliphatic carbocycles. The molecular weight excluding hydrogens is 356 g/mol. The number of amides is 2. The highest BCUT2D eigenvalue weighted by atomic mass is 32.2. The first-order chi connectivity index (χ1) is 12.0. The SMILES string of the molecule is CCC(CC)c1nnc(NC(=O)c2ccc3c(c2)NC(=O)C(C)S3)s1. The van der Waals surface area contributed by atoms with Gasteiger partial charge >= 0.3 is 0 Å². The molecular formula is C17H20N4O2S2. The second kappa shape index (κ2) is 7.53. The van der Waals surface area contributed by atoms with Crippen LogP contribution in [0.25, 0.3) is 0 Å². The van der Waals surface area contributed by atoms with Gasteiger partial charge in [0.1, 0.15) is 5.01 Å². The van der Waals surface area contributed by atoms with Crippen molar-refractivity contribution in [2.45, 2.75) is 49.7 Å². The van der Waals surface area contributed by atoms with Gasteiger partial charge in [0.25, 0.3) is 5.91 Å². The van der Waals surface area contributed by atoms with E-state index in [-0.39, 0.29) is 17.1 Å². The molecule has 0 bridgehead atoms. The second-order valence-electron chi connectivity index (χ2n) is 5.87. The van der Waals surface area contributed by atoms with E-state index in [1.165, 1.54) is 23.1 Å². The Morgan fingerprint density at radius 1 is 1.32 bits per heavy atom. The quantitative estimate of drug-likeness (QED) is 0.820. The molecule has 6 nitrogen and oxygen atoms in total. The molecule has 0 radical (unpaired) electrons. The molecule has 2 aromatic rings. The summed E-state index contributed by atoms with van der Waals surface area (Å²) in [6.07, 6.45) is 2.00. The minimum Gasteiger partial charge on any atom is -0.324 e. The molecule has 2 heterocycles. The van der Waals surface area contributed by atoms with Crippen molar-refractivity contribution in [3.8, 4) is 0 Å². The van der Waals surface area contributed by atoms with E-state index >= 15 is 0 Å². The van der Waals surface area contributed by atoms with Gasteiger partial charge in [0.15, 0.2) is 0 Å². The van der Waals surface area contributed by atoms with E-state index < -0.39 is 0 Å². The number of thioether (sulfide) groups is 1. The van der Waals surface area contributed by atoms with E-state index in [9.17, 15) is 9.59 Å². The Balaban J connectivity index is 1.74. The summed E-state index contributed by atoms with van der Waals surface area (Å²) >= 11 is 2.91. The minimum absolute atomic E-state index is 0.0472. The number of nitrogens with one attached hydrogen (secondary N) is 2. The molecule has 3 rings (SSSR count). The van der Waals surface area contributed by atoms with Crippen LogP contribution in [0, 0.1) is 0 Å². The van der Waals surface area contributed by atoms with E-state index in [1.54, 1.807) is 12.1 Å². The average Bonchev–Trinajstić information content (AvgIpc) is 3.05. The fraction of sp³-hybridized carbons (Fsp3) is 0.412. The van der Waals surface area contributed by atoms with Crippen LogP contribution in [0.4, 0.5) is 10.8 Å². The van der Waals surface area contributed by atoms with E-state index in [4.69, 9.17) is 0 Å². The van der Waals surface area contributed by atoms with Crippen molar-refractivity contribution >= 4 is 45.7 Å². The number of anilines is 2. The van der Waals surface area contributed by atoms with Gasteiger partial charge in [-0.05, 0) is 38.0 Å². The minimum atomic E-state index is -0.257. The van der Waals surface area contributed by atoms with Gasteiger partial charge in [0.2, 0.25) is 11.0 Å². The molecule has 1 atom stereocenters. The lowest BCUT2D eigenvalue weighted by Gasteiger charge is -2.21. The van der Waals surface area contributed by atoms with Gasteiger partial charge in [0, 0.05) is 16.4 Å². The predicted octanol–water partition coefficient (Wildman–Crippen LogP) is 4.13. The highest BCUT2D eigenvalue weighted by Crippen LogP contribution is 2.36. The Labute approximate surface area is 154 Å². The standard InChI is InChI=1S/C17H20N4O2S2/c1-4-10(5-2)16-20-21-17(25-16)19-15(23)11-6-7-13-12(8-11)18-14(22)9(3)24-13/h6-10H,4-5H2,1-3H3,(H,18,22)(H,19,21,23). The molecule has 8 heteroatoms. The molecule has 25 heavy (non-hydrogen) atoms. The maximum Gasteiger partial charge on any atom is 0.257 e. The first kappa shape index (κ1) is 17.9. The third-order valence-corrected chi connectivity index (χ3v) is 6.35. The van der Waals surface area contributed by atoms with Crippen molar-refractivity contribution in [1.82, 2.24) is 10.2 Å². The van der Waals surface area contributed by atoms with E-state index in [2.05, 4.69) is 34.7 Å². The van der Waals surface area contributed by atoms with Crippen molar-refractivity contribution in [3.63, 3.8) is 0 Å². The number of carbonyl (C=O) groups excluding carboxylic acids is 2. The molecule has 2 amide bonds. The Bertz CT molecular complexity index is 802. The third kappa shape index (κ3) is 3.85. The molecule has 1 aliphatic rings. The monoisotopic (exact) mass is 376 g/mol. The molecule has 0 saturated carbocycles. The van der Waals surface area contributed by atoms with Crippen LogP contribution in [0.2, 0.25) is 0 Å². The van der Waals surface area contributed by atoms with Gasteiger partial charge in [-0.25, -0.2) is 0 Å². The summed E-state index contributed by atoms with van der Waals surface area (Å²) in [6.45, 7) is 6.10. The van der Waals surface area contributed by atoms with E-state index in [1.807, 2.05) is 13.0 Å². The van der Waals surface area contributed by atoms with Gasteiger partial charge in [-0.3, -0.25) is 14.9 Å². The largest absolute Gasteiger partial charge is 0.324 e. The number of nitrogens with zero attached hydrogens (tertiary/aromatic N) is 2. The molecule has 1 aliphatic heterocycles. The van der Waals surface area contributed by atoms with Crippen LogP contribution >= 0.6 is 23.1 Å². The summed E-state index contributed by atoms with van der Waals surface area (Å²) in [5.41, 5.74) is 1.16. The molecule has 1 unspecified atom stereocenters. The van der Waals surface area contributed by atoms with Gasteiger partial charge in [0.05, 0.1) is 10.9 Å². The molecule has 0 fully saturated rings. The zero-order chi connectivity index (χ0) is 18.0. The summed E-state index contributed by atoms with van der Waals surface area (Å²) in [5.74, 6) is 0.0723. The first-order valence-electron chi connectivity index (χ1n) is 8.28. The highest BCUT2D eigenvalue weighted by molar-refractivity contribution is 8.00. The maximum absolute atomic E-state index is 12.5. The van der Waals surface area contributed by atoms with Crippen molar-refractivity contribution in [1.29, 1.82) is 0 Å². The van der Waals surface area contributed by atoms with Crippen molar-refractivity contribution in [2.24, 2.45) is 0 Å². The van der Waals surface area contributed by atoms with Crippen molar-refractivity contribution < 1.29 is 9.59 Å². The summed E-state index contributed by atoms with van der Waals surface area (Å²) in [7, 11) is 0. The molecule has 2 N–H and O–H groups in total. The van der Waals surface area contributed by atoms with Crippen LogP contribution < -0.4 is 10.6 Å². The van der Waals surface area contributed by atoms with E-state index in [0.717, 1.165) is 22.7 Å². The lowest BCUT2D eigenvalue weighted by molar-refractivity contribution is -0.115. The fourth-order valence-corrected chi connectivity index (χ4v) is 4.54. The Morgan fingerprint density at radius 3 is 2.80 bits per heavy atom. The van der Waals surface area contributed by atoms with Crippen LogP contribution in [-0.2, 0) is 4.79 Å². The Kier molecular flexibility index (Phi) is 5.39. The van der Waals surface area contributed by atoms with Crippen LogP contribution in [-0.4, -0.2) is 27.3 Å². The Hall–Kier alpha value is -1.93. The molecule has 0 spiro atoms. The summed E-state index contributed by atoms with van der Waals surface area (Å²) < 4.78 is 0. The van der Waals surface area contributed by atoms with Gasteiger partial charge in [-0.2, -0.15) is 0 Å². The number of aromatic nitrogens is 2. The average molecular weight is 377 g/mol. The maximum atomic E-state index is 12.5. The van der Waals surface area contributed by atoms with Crippen molar-refractivity contribution in [3.05, 3.63) is 28.8 Å². The van der Waals surface area contributed by atoms with Crippen LogP contribution in [0.5, 0.6) is 0 Å². The van der Waals surface area contributed by atoms with Gasteiger partial charge in [-0.1, -0.05) is 25.2 Å². The smallest absolute Gasteiger partial charge is 0.257 e. The molecule has 0 saturated heterocycles. The number of hydrogen-bond donors (Lipinski definition) is 2. The van der Waals surface area contributed by atoms with Gasteiger partial charge in [-0.15, -0.1) is 22.0 Å². The van der Waals surface area contributed by atoms with E-state index in [0.29, 0.717) is 22.3 Å². The lowest BCUT2D eigenvalue weighted by Crippen LogP contribution is -2.26. The number of carbonyl (C=O) groups is 2. The van der Waals surface area contributed by atoms with Crippen LogP contribution in [0.15, 0.2) is 23.1 Å². The first-order valence-corrected chi connectivity index (χ1v) is 9.97. The number of fused-ring (bicyclic) bond motifs is 1. The fourth-order valence-electron chi connectivity index (χ4n) is 2.61. The molecule has 1 aromatic heterocycles. The third-order valence-electron chi connectivity index (χ3n) is 4.17. The lowest BCUT2D eigenvalue weighted by atomic mass is 10.1. The summed E-state index contributed by atoms with van der Waals surface area (Å²) in [4.78, 5) is 25.2. The molecule has 1 aromatic carbocycles. The number of rotatable bonds is 5. The normalized spacial score (nSPS) is 16.5. The number of hydrogen-bond acceptors (Lipinski definition) is 6. The molecule has 132 valence electrons. The topological polar surface area (TPSA) is 84.0 Å². The summed E-state index contributed by atoms with van der Waals surface area (Å²) in [5, 5.41) is 15.2. The zero-order valence-corrected chi connectivity index (χ0v) is 16.0. The Morgan fingerprint density at radius 2 is 2.08 bits per heavy atom. The van der Waals surface area contributed by atoms with Crippen LogP contribution in [0.1, 0.15) is 54.9 Å². The van der Waals surface area contributed by atoms with Gasteiger partial charge < -0.3 is 5.32 Å². The zero-order valence-electron chi connectivity index (χ0n) is 14.3. The number of benzene rings is 1. The predicted molar refractivity (Wildman–Crippen MR) is 102 cm³/mol. The van der Waals surface area contributed by atoms with Crippen LogP contribution in [0.3, 0.4) is 0 Å². The second-order valence-corrected chi connectivity index (χ2v) is 8.26.